The average Bonchev–Trinajstić information content (AvgIpc) is 2.27. The van der Waals surface area contributed by atoms with E-state index in [-0.39, 0.29) is 5.97 Å². The molecule has 0 bridgehead atoms. The van der Waals surface area contributed by atoms with Gasteiger partial charge in [0.25, 0.3) is 0 Å². The van der Waals surface area contributed by atoms with Gasteiger partial charge in [-0.3, -0.25) is 0 Å². The summed E-state index contributed by atoms with van der Waals surface area (Å²) in [7, 11) is 0. The second-order valence-corrected chi connectivity index (χ2v) is 4.09. The molecule has 0 saturated carbocycles. The van der Waals surface area contributed by atoms with Crippen LogP contribution in [0, 0.1) is 0 Å². The SMILES string of the molecule is CCC(=Cc1ccccc1Br)C(=O)OBr. The van der Waals surface area contributed by atoms with E-state index in [2.05, 4.69) is 36.0 Å². The Bertz CT molecular complexity index is 386. The maximum atomic E-state index is 11.3. The van der Waals surface area contributed by atoms with E-state index in [1.807, 2.05) is 37.3 Å². The van der Waals surface area contributed by atoms with Crippen molar-refractivity contribution in [1.29, 1.82) is 0 Å². The molecule has 0 N–H and O–H groups in total. The van der Waals surface area contributed by atoms with E-state index < -0.39 is 0 Å². The molecule has 2 nitrogen and oxygen atoms in total. The summed E-state index contributed by atoms with van der Waals surface area (Å²) < 4.78 is 5.46. The number of carbonyl (C=O) groups excluding carboxylic acids is 1. The number of carbonyl (C=O) groups is 1. The third-order valence-electron chi connectivity index (χ3n) is 1.95. The normalized spacial score (nSPS) is 11.3. The minimum atomic E-state index is -0.353. The first-order valence-corrected chi connectivity index (χ1v) is 5.91. The molecule has 0 saturated heterocycles. The van der Waals surface area contributed by atoms with Crippen molar-refractivity contribution in [2.24, 2.45) is 0 Å². The maximum absolute atomic E-state index is 11.3. The molecule has 0 fully saturated rings. The van der Waals surface area contributed by atoms with Gasteiger partial charge < -0.3 is 3.83 Å². The van der Waals surface area contributed by atoms with Crippen molar-refractivity contribution in [1.82, 2.24) is 0 Å². The molecule has 0 aliphatic rings. The fourth-order valence-electron chi connectivity index (χ4n) is 1.13. The molecule has 0 amide bonds. The minimum Gasteiger partial charge on any atom is -0.380 e. The highest BCUT2D eigenvalue weighted by Crippen LogP contribution is 2.20. The minimum absolute atomic E-state index is 0.353. The van der Waals surface area contributed by atoms with Crippen LogP contribution in [0.1, 0.15) is 18.9 Å². The zero-order valence-electron chi connectivity index (χ0n) is 8.17. The predicted octanol–water partition coefficient (Wildman–Crippen LogP) is 4.10. The Morgan fingerprint density at radius 3 is 2.67 bits per heavy atom. The maximum Gasteiger partial charge on any atom is 0.345 e. The average molecular weight is 334 g/mol. The molecule has 0 aliphatic carbocycles. The van der Waals surface area contributed by atoms with Crippen LogP contribution in [-0.2, 0) is 8.62 Å². The van der Waals surface area contributed by atoms with Gasteiger partial charge in [0.15, 0.2) is 16.3 Å². The Labute approximate surface area is 106 Å². The van der Waals surface area contributed by atoms with Gasteiger partial charge in [-0.05, 0) is 24.1 Å². The van der Waals surface area contributed by atoms with Gasteiger partial charge in [0.05, 0.1) is 0 Å². The fourth-order valence-corrected chi connectivity index (χ4v) is 1.74. The number of hydrogen-bond donors (Lipinski definition) is 0. The molecule has 0 spiro atoms. The van der Waals surface area contributed by atoms with Gasteiger partial charge in [-0.15, -0.1) is 0 Å². The highest BCUT2D eigenvalue weighted by Gasteiger charge is 2.08. The van der Waals surface area contributed by atoms with Gasteiger partial charge in [-0.2, -0.15) is 0 Å². The first-order chi connectivity index (χ1) is 7.19. The van der Waals surface area contributed by atoms with Crippen LogP contribution in [0.4, 0.5) is 0 Å². The molecule has 0 unspecified atom stereocenters. The van der Waals surface area contributed by atoms with Crippen LogP contribution in [0.15, 0.2) is 34.3 Å². The number of halogens is 2. The number of rotatable bonds is 3. The Hall–Kier alpha value is -0.610. The molecule has 1 aromatic rings. The van der Waals surface area contributed by atoms with Gasteiger partial charge in [-0.1, -0.05) is 41.1 Å². The molecule has 0 aliphatic heterocycles. The molecule has 0 heterocycles. The van der Waals surface area contributed by atoms with Crippen molar-refractivity contribution in [2.45, 2.75) is 13.3 Å². The Kier molecular flexibility index (Phi) is 5.05. The summed E-state index contributed by atoms with van der Waals surface area (Å²) in [5.41, 5.74) is 1.59. The van der Waals surface area contributed by atoms with Crippen molar-refractivity contribution in [2.75, 3.05) is 0 Å². The van der Waals surface area contributed by atoms with Crippen LogP contribution in [0.3, 0.4) is 0 Å². The van der Waals surface area contributed by atoms with Crippen molar-refractivity contribution >= 4 is 44.2 Å². The third-order valence-corrected chi connectivity index (χ3v) is 2.96. The van der Waals surface area contributed by atoms with Crippen molar-refractivity contribution in [3.05, 3.63) is 39.9 Å². The van der Waals surface area contributed by atoms with E-state index >= 15 is 0 Å². The van der Waals surface area contributed by atoms with Gasteiger partial charge in [0, 0.05) is 10.0 Å². The first-order valence-electron chi connectivity index (χ1n) is 4.47. The Morgan fingerprint density at radius 1 is 1.47 bits per heavy atom. The molecule has 15 heavy (non-hydrogen) atoms. The lowest BCUT2D eigenvalue weighted by Crippen LogP contribution is -2.00. The molecule has 0 atom stereocenters. The van der Waals surface area contributed by atoms with Gasteiger partial charge in [-0.25, -0.2) is 4.79 Å². The quantitative estimate of drug-likeness (QED) is 0.778. The van der Waals surface area contributed by atoms with E-state index in [9.17, 15) is 4.79 Å². The molecular weight excluding hydrogens is 324 g/mol. The van der Waals surface area contributed by atoms with E-state index in [0.717, 1.165) is 10.0 Å². The van der Waals surface area contributed by atoms with E-state index in [1.165, 1.54) is 0 Å². The van der Waals surface area contributed by atoms with Crippen molar-refractivity contribution in [3.8, 4) is 0 Å². The molecule has 0 aromatic heterocycles. The zero-order valence-corrected chi connectivity index (χ0v) is 11.3. The fraction of sp³-hybridized carbons (Fsp3) is 0.182. The van der Waals surface area contributed by atoms with E-state index in [1.54, 1.807) is 0 Å². The zero-order chi connectivity index (χ0) is 11.3. The van der Waals surface area contributed by atoms with Crippen molar-refractivity contribution in [3.63, 3.8) is 0 Å². The van der Waals surface area contributed by atoms with E-state index in [0.29, 0.717) is 12.0 Å². The summed E-state index contributed by atoms with van der Waals surface area (Å²) in [6.07, 6.45) is 2.44. The first kappa shape index (κ1) is 12.5. The summed E-state index contributed by atoms with van der Waals surface area (Å²) >= 11 is 6.10. The van der Waals surface area contributed by atoms with Crippen LogP contribution < -0.4 is 0 Å². The second-order valence-electron chi connectivity index (χ2n) is 2.91. The number of benzene rings is 1. The summed E-state index contributed by atoms with van der Waals surface area (Å²) in [5, 5.41) is 0. The smallest absolute Gasteiger partial charge is 0.345 e. The molecular formula is C11H10Br2O2. The Balaban J connectivity index is 3.03. The predicted molar refractivity (Wildman–Crippen MR) is 67.4 cm³/mol. The lowest BCUT2D eigenvalue weighted by atomic mass is 10.1. The van der Waals surface area contributed by atoms with Gasteiger partial charge in [0.1, 0.15) is 0 Å². The monoisotopic (exact) mass is 332 g/mol. The van der Waals surface area contributed by atoms with Crippen molar-refractivity contribution < 1.29 is 8.62 Å². The largest absolute Gasteiger partial charge is 0.380 e. The lowest BCUT2D eigenvalue weighted by Gasteiger charge is -2.02. The van der Waals surface area contributed by atoms with Crippen LogP contribution >= 0.6 is 32.2 Å². The standard InChI is InChI=1S/C11H10Br2O2/c1-2-8(11(14)15-13)7-9-5-3-4-6-10(9)12/h3-7H,2H2,1H3. The van der Waals surface area contributed by atoms with Gasteiger partial charge in [0.2, 0.25) is 0 Å². The summed E-state index contributed by atoms with van der Waals surface area (Å²) in [4.78, 5) is 11.3. The van der Waals surface area contributed by atoms with Crippen LogP contribution in [0.5, 0.6) is 0 Å². The van der Waals surface area contributed by atoms with Crippen LogP contribution in [0.2, 0.25) is 0 Å². The van der Waals surface area contributed by atoms with Gasteiger partial charge >= 0.3 is 5.97 Å². The molecule has 80 valence electrons. The summed E-state index contributed by atoms with van der Waals surface area (Å²) in [6, 6.07) is 7.71. The highest BCUT2D eigenvalue weighted by atomic mass is 79.9. The third kappa shape index (κ3) is 3.47. The summed E-state index contributed by atoms with van der Waals surface area (Å²) in [5.74, 6) is -0.353. The second kappa shape index (κ2) is 6.08. The molecule has 1 aromatic carbocycles. The molecule has 0 radical (unpaired) electrons. The highest BCUT2D eigenvalue weighted by molar-refractivity contribution is 9.10. The molecule has 4 heteroatoms. The van der Waals surface area contributed by atoms with Crippen LogP contribution in [-0.4, -0.2) is 5.97 Å². The summed E-state index contributed by atoms with van der Waals surface area (Å²) in [6.45, 7) is 1.91. The van der Waals surface area contributed by atoms with E-state index in [4.69, 9.17) is 0 Å². The number of hydrogen-bond acceptors (Lipinski definition) is 2. The topological polar surface area (TPSA) is 26.3 Å². The Morgan fingerprint density at radius 2 is 2.13 bits per heavy atom. The molecule has 1 rings (SSSR count). The lowest BCUT2D eigenvalue weighted by molar-refractivity contribution is -0.128. The van der Waals surface area contributed by atoms with Crippen LogP contribution in [0.25, 0.3) is 6.08 Å².